The van der Waals surface area contributed by atoms with Crippen LogP contribution in [0.5, 0.6) is 0 Å². The molecule has 1 aromatic heterocycles. The van der Waals surface area contributed by atoms with Crippen LogP contribution in [-0.2, 0) is 9.53 Å². The van der Waals surface area contributed by atoms with E-state index in [2.05, 4.69) is 15.0 Å². The van der Waals surface area contributed by atoms with E-state index < -0.39 is 35.6 Å². The Morgan fingerprint density at radius 3 is 2.95 bits per heavy atom. The monoisotopic (exact) mass is 281 g/mol. The third-order valence-corrected chi connectivity index (χ3v) is 3.00. The molecule has 1 saturated heterocycles. The number of aromatic nitrogens is 2. The van der Waals surface area contributed by atoms with E-state index in [0.29, 0.717) is 0 Å². The second kappa shape index (κ2) is 5.19. The molecule has 1 aliphatic rings. The molecule has 1 fully saturated rings. The van der Waals surface area contributed by atoms with Gasteiger partial charge in [-0.1, -0.05) is 5.11 Å². The van der Waals surface area contributed by atoms with Crippen LogP contribution in [-0.4, -0.2) is 32.8 Å². The summed E-state index contributed by atoms with van der Waals surface area (Å²) in [5.41, 5.74) is 7.46. The molecule has 0 spiro atoms. The van der Waals surface area contributed by atoms with Crippen molar-refractivity contribution in [3.8, 4) is 0 Å². The van der Waals surface area contributed by atoms with Gasteiger partial charge in [-0.25, -0.2) is 9.59 Å². The molecule has 0 saturated carbocycles. The van der Waals surface area contributed by atoms with E-state index in [4.69, 9.17) is 15.4 Å². The Hall–Kier alpha value is -2.58. The molecule has 20 heavy (non-hydrogen) atoms. The first-order valence-electron chi connectivity index (χ1n) is 5.68. The molecule has 10 heteroatoms. The molecule has 1 aliphatic heterocycles. The minimum Gasteiger partial charge on any atom is -0.479 e. The molecule has 2 N–H and O–H groups in total. The third-order valence-electron chi connectivity index (χ3n) is 3.00. The number of hydrogen-bond acceptors (Lipinski definition) is 5. The van der Waals surface area contributed by atoms with Gasteiger partial charge >= 0.3 is 11.7 Å². The van der Waals surface area contributed by atoms with E-state index in [0.717, 1.165) is 4.57 Å². The fraction of sp³-hybridized carbons (Fsp3) is 0.500. The fourth-order valence-electron chi connectivity index (χ4n) is 2.02. The molecular formula is C10H11N5O5. The maximum Gasteiger partial charge on any atom is 0.333 e. The van der Waals surface area contributed by atoms with Crippen LogP contribution in [0.2, 0.25) is 0 Å². The van der Waals surface area contributed by atoms with Crippen LogP contribution in [0.1, 0.15) is 18.2 Å². The summed E-state index contributed by atoms with van der Waals surface area (Å²) in [5, 5.41) is 12.3. The van der Waals surface area contributed by atoms with Gasteiger partial charge in [0.15, 0.2) is 6.10 Å². The zero-order valence-electron chi connectivity index (χ0n) is 10.4. The normalized spacial score (nSPS) is 25.1. The maximum absolute atomic E-state index is 11.7. The van der Waals surface area contributed by atoms with Crippen LogP contribution in [0.3, 0.4) is 0 Å². The van der Waals surface area contributed by atoms with Crippen LogP contribution in [0.15, 0.2) is 20.9 Å². The average Bonchev–Trinajstić information content (AvgIpc) is 2.78. The van der Waals surface area contributed by atoms with E-state index in [-0.39, 0.29) is 12.0 Å². The Morgan fingerprint density at radius 2 is 2.35 bits per heavy atom. The van der Waals surface area contributed by atoms with Crippen molar-refractivity contribution in [2.45, 2.75) is 31.7 Å². The first-order valence-corrected chi connectivity index (χ1v) is 5.68. The highest BCUT2D eigenvalue weighted by atomic mass is 16.5. The Balaban J connectivity index is 2.38. The molecule has 0 aliphatic carbocycles. The number of carboxylic acids is 1. The van der Waals surface area contributed by atoms with E-state index in [1.54, 1.807) is 0 Å². The molecule has 10 nitrogen and oxygen atoms in total. The number of azide groups is 1. The molecule has 106 valence electrons. The lowest BCUT2D eigenvalue weighted by Gasteiger charge is -2.14. The zero-order valence-corrected chi connectivity index (χ0v) is 10.4. The molecule has 0 amide bonds. The standard InChI is InChI=1S/C10H11N5O5/c1-4-3-15(10(19)12-8(4)16)6-2-5(13-14-11)7(20-6)9(17)18/h3,5-7H,2H2,1H3,(H,17,18)(H,12,16,19)/t5-,6+,7+/m1/s1. The molecule has 3 atom stereocenters. The van der Waals surface area contributed by atoms with Gasteiger partial charge in [-0.2, -0.15) is 0 Å². The number of rotatable bonds is 3. The highest BCUT2D eigenvalue weighted by molar-refractivity contribution is 5.73. The van der Waals surface area contributed by atoms with Crippen molar-refractivity contribution in [2.75, 3.05) is 0 Å². The third kappa shape index (κ3) is 2.42. The van der Waals surface area contributed by atoms with Crippen molar-refractivity contribution in [1.82, 2.24) is 9.55 Å². The quantitative estimate of drug-likeness (QED) is 0.450. The molecule has 0 unspecified atom stereocenters. The van der Waals surface area contributed by atoms with Crippen LogP contribution >= 0.6 is 0 Å². The second-order valence-corrected chi connectivity index (χ2v) is 4.34. The predicted molar refractivity (Wildman–Crippen MR) is 65.2 cm³/mol. The molecule has 2 rings (SSSR count). The summed E-state index contributed by atoms with van der Waals surface area (Å²) < 4.78 is 6.31. The lowest BCUT2D eigenvalue weighted by molar-refractivity contribution is -0.152. The smallest absolute Gasteiger partial charge is 0.333 e. The molecular weight excluding hydrogens is 270 g/mol. The minimum absolute atomic E-state index is 0.0341. The second-order valence-electron chi connectivity index (χ2n) is 4.34. The van der Waals surface area contributed by atoms with Crippen molar-refractivity contribution in [1.29, 1.82) is 0 Å². The van der Waals surface area contributed by atoms with Gasteiger partial charge in [0.2, 0.25) is 0 Å². The number of nitrogens with zero attached hydrogens (tertiary/aromatic N) is 4. The van der Waals surface area contributed by atoms with E-state index in [1.807, 2.05) is 0 Å². The largest absolute Gasteiger partial charge is 0.479 e. The highest BCUT2D eigenvalue weighted by Gasteiger charge is 2.40. The first kappa shape index (κ1) is 13.8. The molecule has 1 aromatic rings. The summed E-state index contributed by atoms with van der Waals surface area (Å²) >= 11 is 0. The molecule has 0 aromatic carbocycles. The number of aryl methyl sites for hydroxylation is 1. The molecule has 0 bridgehead atoms. The minimum atomic E-state index is -1.32. The van der Waals surface area contributed by atoms with Gasteiger partial charge in [-0.3, -0.25) is 14.3 Å². The number of carboxylic acid groups (broad SMARTS) is 1. The van der Waals surface area contributed by atoms with Gasteiger partial charge in [-0.05, 0) is 12.5 Å². The fourth-order valence-corrected chi connectivity index (χ4v) is 2.02. The zero-order chi connectivity index (χ0) is 14.9. The topological polar surface area (TPSA) is 150 Å². The van der Waals surface area contributed by atoms with Crippen molar-refractivity contribution in [3.63, 3.8) is 0 Å². The number of aromatic amines is 1. The first-order chi connectivity index (χ1) is 9.43. The molecule has 2 heterocycles. The number of carbonyl (C=O) groups is 1. The van der Waals surface area contributed by atoms with E-state index in [1.165, 1.54) is 13.1 Å². The van der Waals surface area contributed by atoms with Gasteiger partial charge in [0.1, 0.15) is 6.23 Å². The number of aliphatic carboxylic acids is 1. The van der Waals surface area contributed by atoms with E-state index in [9.17, 15) is 14.4 Å². The van der Waals surface area contributed by atoms with Crippen molar-refractivity contribution in [2.24, 2.45) is 5.11 Å². The Kier molecular flexibility index (Phi) is 3.59. The van der Waals surface area contributed by atoms with Gasteiger partial charge in [0.25, 0.3) is 5.56 Å². The van der Waals surface area contributed by atoms with Gasteiger partial charge in [-0.15, -0.1) is 0 Å². The summed E-state index contributed by atoms with van der Waals surface area (Å²) in [5.74, 6) is -1.28. The number of hydrogen-bond donors (Lipinski definition) is 2. The van der Waals surface area contributed by atoms with Gasteiger partial charge in [0.05, 0.1) is 6.04 Å². The Bertz CT molecular complexity index is 691. The van der Waals surface area contributed by atoms with Crippen molar-refractivity contribution >= 4 is 5.97 Å². The van der Waals surface area contributed by atoms with Crippen LogP contribution in [0, 0.1) is 6.92 Å². The average molecular weight is 281 g/mol. The lowest BCUT2D eigenvalue weighted by Crippen LogP contribution is -2.34. The summed E-state index contributed by atoms with van der Waals surface area (Å²) in [7, 11) is 0. The number of nitrogens with one attached hydrogen (secondary N) is 1. The Labute approximate surface area is 111 Å². The summed E-state index contributed by atoms with van der Waals surface area (Å²) in [6.45, 7) is 1.50. The Morgan fingerprint density at radius 1 is 1.65 bits per heavy atom. The van der Waals surface area contributed by atoms with Crippen molar-refractivity contribution in [3.05, 3.63) is 43.0 Å². The summed E-state index contributed by atoms with van der Waals surface area (Å²) in [6.07, 6.45) is -0.917. The number of ether oxygens (including phenoxy) is 1. The SMILES string of the molecule is Cc1cn([C@@H]2C[C@@H](N=[N+]=[N-])[C@@H](C(=O)O)O2)c(=O)[nH]c1=O. The molecule has 0 radical (unpaired) electrons. The highest BCUT2D eigenvalue weighted by Crippen LogP contribution is 2.30. The predicted octanol–water partition coefficient (Wildman–Crippen LogP) is -0.104. The number of H-pyrrole nitrogens is 1. The van der Waals surface area contributed by atoms with Gasteiger partial charge in [0, 0.05) is 23.1 Å². The summed E-state index contributed by atoms with van der Waals surface area (Å²) in [4.78, 5) is 38.7. The van der Waals surface area contributed by atoms with Crippen molar-refractivity contribution < 1.29 is 14.6 Å². The lowest BCUT2D eigenvalue weighted by atomic mass is 10.1. The summed E-state index contributed by atoms with van der Waals surface area (Å²) in [6, 6.07) is -0.915. The van der Waals surface area contributed by atoms with Crippen LogP contribution in [0.25, 0.3) is 10.4 Å². The maximum atomic E-state index is 11.7. The van der Waals surface area contributed by atoms with Gasteiger partial charge < -0.3 is 9.84 Å². The van der Waals surface area contributed by atoms with E-state index >= 15 is 0 Å². The van der Waals surface area contributed by atoms with Crippen LogP contribution in [0.4, 0.5) is 0 Å². The van der Waals surface area contributed by atoms with Crippen LogP contribution < -0.4 is 11.2 Å².